The highest BCUT2D eigenvalue weighted by Gasteiger charge is 2.32. The number of amides is 4. The Bertz CT molecular complexity index is 781. The van der Waals surface area contributed by atoms with E-state index in [4.69, 9.17) is 4.42 Å². The number of para-hydroxylation sites is 1. The van der Waals surface area contributed by atoms with Gasteiger partial charge in [0.2, 0.25) is 11.8 Å². The van der Waals surface area contributed by atoms with Crippen molar-refractivity contribution in [3.8, 4) is 0 Å². The second-order valence-corrected chi connectivity index (χ2v) is 6.26. The van der Waals surface area contributed by atoms with E-state index >= 15 is 0 Å². The smallest absolute Gasteiger partial charge is 0.326 e. The van der Waals surface area contributed by atoms with E-state index in [1.54, 1.807) is 7.05 Å². The second kappa shape index (κ2) is 6.96. The van der Waals surface area contributed by atoms with Gasteiger partial charge in [-0.25, -0.2) is 4.79 Å². The van der Waals surface area contributed by atoms with E-state index in [1.807, 2.05) is 37.3 Å². The predicted octanol–water partition coefficient (Wildman–Crippen LogP) is 2.28. The molecular weight excluding hydrogens is 322 g/mol. The van der Waals surface area contributed by atoms with E-state index in [1.165, 1.54) is 9.80 Å². The topological polar surface area (TPSA) is 82.9 Å². The number of benzene rings is 1. The number of hydrogen-bond donors (Lipinski definition) is 1. The molecule has 1 N–H and O–H groups in total. The number of urea groups is 1. The second-order valence-electron chi connectivity index (χ2n) is 6.26. The Labute approximate surface area is 145 Å². The lowest BCUT2D eigenvalue weighted by Gasteiger charge is -2.15. The first-order valence-electron chi connectivity index (χ1n) is 8.29. The van der Waals surface area contributed by atoms with Crippen LogP contribution in [0.4, 0.5) is 4.79 Å². The highest BCUT2D eigenvalue weighted by molar-refractivity contribution is 6.01. The Kier molecular flexibility index (Phi) is 4.74. The Morgan fingerprint density at radius 1 is 1.32 bits per heavy atom. The molecule has 1 aliphatic rings. The SMILES string of the molecule is CC(NC(=O)CCCN1C(=O)CN(C)C1=O)c1cc2ccccc2o1. The van der Waals surface area contributed by atoms with Crippen molar-refractivity contribution in [1.82, 2.24) is 15.1 Å². The van der Waals surface area contributed by atoms with Crippen LogP contribution in [-0.4, -0.2) is 47.8 Å². The average molecular weight is 343 g/mol. The van der Waals surface area contributed by atoms with Crippen molar-refractivity contribution in [1.29, 1.82) is 0 Å². The van der Waals surface area contributed by atoms with E-state index in [9.17, 15) is 14.4 Å². The number of furan rings is 1. The van der Waals surface area contributed by atoms with E-state index < -0.39 is 0 Å². The third kappa shape index (κ3) is 3.65. The van der Waals surface area contributed by atoms with E-state index in [2.05, 4.69) is 5.32 Å². The molecule has 0 aliphatic carbocycles. The molecule has 2 aromatic rings. The van der Waals surface area contributed by atoms with Gasteiger partial charge in [0.05, 0.1) is 6.04 Å². The summed E-state index contributed by atoms with van der Waals surface area (Å²) in [4.78, 5) is 38.1. The van der Waals surface area contributed by atoms with Crippen molar-refractivity contribution < 1.29 is 18.8 Å². The normalized spacial score (nSPS) is 15.9. The summed E-state index contributed by atoms with van der Waals surface area (Å²) in [5.41, 5.74) is 0.786. The number of fused-ring (bicyclic) bond motifs is 1. The number of nitrogens with zero attached hydrogens (tertiary/aromatic N) is 2. The zero-order valence-corrected chi connectivity index (χ0v) is 14.3. The molecule has 1 atom stereocenters. The van der Waals surface area contributed by atoms with Crippen LogP contribution in [0.5, 0.6) is 0 Å². The Hall–Kier alpha value is -2.83. The molecule has 132 valence electrons. The number of nitrogens with one attached hydrogen (secondary N) is 1. The molecule has 1 fully saturated rings. The van der Waals surface area contributed by atoms with Gasteiger partial charge in [-0.15, -0.1) is 0 Å². The van der Waals surface area contributed by atoms with Crippen LogP contribution in [0.25, 0.3) is 11.0 Å². The predicted molar refractivity (Wildman–Crippen MR) is 91.7 cm³/mol. The summed E-state index contributed by atoms with van der Waals surface area (Å²) in [6.07, 6.45) is 0.676. The molecule has 0 bridgehead atoms. The standard InChI is InChI=1S/C18H21N3O4/c1-12(15-10-13-6-3-4-7-14(13)25-15)19-16(22)8-5-9-21-17(23)11-20(2)18(21)24/h3-4,6-7,10,12H,5,8-9,11H2,1-2H3,(H,19,22). The van der Waals surface area contributed by atoms with Gasteiger partial charge in [0.25, 0.3) is 0 Å². The lowest BCUT2D eigenvalue weighted by atomic mass is 10.2. The first-order valence-corrected chi connectivity index (χ1v) is 8.29. The van der Waals surface area contributed by atoms with Crippen LogP contribution in [0.3, 0.4) is 0 Å². The van der Waals surface area contributed by atoms with Crippen molar-refractivity contribution >= 4 is 28.8 Å². The van der Waals surface area contributed by atoms with Crippen LogP contribution < -0.4 is 5.32 Å². The molecular formula is C18H21N3O4. The van der Waals surface area contributed by atoms with Crippen molar-refractivity contribution in [3.05, 3.63) is 36.1 Å². The van der Waals surface area contributed by atoms with Gasteiger partial charge in [-0.3, -0.25) is 14.5 Å². The molecule has 1 saturated heterocycles. The van der Waals surface area contributed by atoms with Gasteiger partial charge < -0.3 is 14.6 Å². The molecule has 2 heterocycles. The number of rotatable bonds is 6. The highest BCUT2D eigenvalue weighted by Crippen LogP contribution is 2.23. The van der Waals surface area contributed by atoms with Gasteiger partial charge in [0.1, 0.15) is 17.9 Å². The first kappa shape index (κ1) is 17.0. The fourth-order valence-corrected chi connectivity index (χ4v) is 2.89. The van der Waals surface area contributed by atoms with Gasteiger partial charge >= 0.3 is 6.03 Å². The summed E-state index contributed by atoms with van der Waals surface area (Å²) in [5, 5.41) is 3.88. The molecule has 1 aromatic carbocycles. The molecule has 7 nitrogen and oxygen atoms in total. The number of imide groups is 1. The highest BCUT2D eigenvalue weighted by atomic mass is 16.3. The van der Waals surface area contributed by atoms with Crippen LogP contribution in [0.2, 0.25) is 0 Å². The third-order valence-corrected chi connectivity index (χ3v) is 4.27. The Morgan fingerprint density at radius 3 is 2.76 bits per heavy atom. The van der Waals surface area contributed by atoms with Gasteiger partial charge in [0, 0.05) is 25.4 Å². The van der Waals surface area contributed by atoms with Crippen LogP contribution in [0.1, 0.15) is 31.6 Å². The minimum Gasteiger partial charge on any atom is -0.459 e. The third-order valence-electron chi connectivity index (χ3n) is 4.27. The fourth-order valence-electron chi connectivity index (χ4n) is 2.89. The van der Waals surface area contributed by atoms with E-state index in [-0.39, 0.29) is 43.4 Å². The van der Waals surface area contributed by atoms with E-state index in [0.717, 1.165) is 11.0 Å². The largest absolute Gasteiger partial charge is 0.459 e. The maximum Gasteiger partial charge on any atom is 0.326 e. The summed E-state index contributed by atoms with van der Waals surface area (Å²) < 4.78 is 5.74. The van der Waals surface area contributed by atoms with Crippen molar-refractivity contribution in [2.75, 3.05) is 20.1 Å². The number of hydrogen-bond acceptors (Lipinski definition) is 4. The van der Waals surface area contributed by atoms with Crippen LogP contribution in [0.15, 0.2) is 34.7 Å². The number of likely N-dealkylation sites (N-methyl/N-ethyl adjacent to an activating group) is 1. The molecule has 1 aliphatic heterocycles. The summed E-state index contributed by atoms with van der Waals surface area (Å²) in [7, 11) is 1.59. The summed E-state index contributed by atoms with van der Waals surface area (Å²) >= 11 is 0. The molecule has 4 amide bonds. The quantitative estimate of drug-likeness (QED) is 0.816. The van der Waals surface area contributed by atoms with Gasteiger partial charge in [-0.2, -0.15) is 0 Å². The Balaban J connectivity index is 1.49. The van der Waals surface area contributed by atoms with Crippen molar-refractivity contribution in [3.63, 3.8) is 0 Å². The first-order chi connectivity index (χ1) is 12.0. The van der Waals surface area contributed by atoms with E-state index in [0.29, 0.717) is 12.2 Å². The molecule has 3 rings (SSSR count). The summed E-state index contributed by atoms with van der Waals surface area (Å²) in [6.45, 7) is 2.22. The molecule has 0 radical (unpaired) electrons. The monoisotopic (exact) mass is 343 g/mol. The molecule has 1 aromatic heterocycles. The van der Waals surface area contributed by atoms with Crippen LogP contribution >= 0.6 is 0 Å². The molecule has 0 spiro atoms. The molecule has 1 unspecified atom stereocenters. The van der Waals surface area contributed by atoms with Crippen molar-refractivity contribution in [2.24, 2.45) is 0 Å². The zero-order chi connectivity index (χ0) is 18.0. The van der Waals surface area contributed by atoms with Crippen molar-refractivity contribution in [2.45, 2.75) is 25.8 Å². The van der Waals surface area contributed by atoms with Crippen LogP contribution in [-0.2, 0) is 9.59 Å². The van der Waals surface area contributed by atoms with Gasteiger partial charge in [0.15, 0.2) is 0 Å². The van der Waals surface area contributed by atoms with Gasteiger partial charge in [-0.1, -0.05) is 18.2 Å². The lowest BCUT2D eigenvalue weighted by Crippen LogP contribution is -2.33. The number of carbonyl (C=O) groups is 3. The summed E-state index contributed by atoms with van der Waals surface area (Å²) in [6, 6.07) is 9.03. The minimum absolute atomic E-state index is 0.105. The Morgan fingerprint density at radius 2 is 2.08 bits per heavy atom. The molecule has 0 saturated carbocycles. The van der Waals surface area contributed by atoms with Crippen LogP contribution in [0, 0.1) is 0 Å². The fraction of sp³-hybridized carbons (Fsp3) is 0.389. The average Bonchev–Trinajstić information content (AvgIpc) is 3.11. The maximum absolute atomic E-state index is 12.1. The maximum atomic E-state index is 12.1. The lowest BCUT2D eigenvalue weighted by molar-refractivity contribution is -0.126. The molecule has 7 heteroatoms. The van der Waals surface area contributed by atoms with Gasteiger partial charge in [-0.05, 0) is 25.5 Å². The summed E-state index contributed by atoms with van der Waals surface area (Å²) in [5.74, 6) is 0.338. The molecule has 25 heavy (non-hydrogen) atoms. The minimum atomic E-state index is -0.305. The zero-order valence-electron chi connectivity index (χ0n) is 14.3. The number of carbonyl (C=O) groups excluding carboxylic acids is 3.